The first-order chi connectivity index (χ1) is 18.0. The summed E-state index contributed by atoms with van der Waals surface area (Å²) in [6.07, 6.45) is 1.92. The molecule has 0 radical (unpaired) electrons. The van der Waals surface area contributed by atoms with Gasteiger partial charge in [0.15, 0.2) is 0 Å². The summed E-state index contributed by atoms with van der Waals surface area (Å²) in [6.45, 7) is 2.03. The summed E-state index contributed by atoms with van der Waals surface area (Å²) in [5.41, 5.74) is 5.71. The second-order valence-electron chi connectivity index (χ2n) is 10.1. The lowest BCUT2D eigenvalue weighted by molar-refractivity contribution is -0.122. The number of imide groups is 1. The van der Waals surface area contributed by atoms with E-state index in [1.54, 1.807) is 24.3 Å². The number of halogens is 1. The molecule has 5 heteroatoms. The van der Waals surface area contributed by atoms with Crippen molar-refractivity contribution in [3.05, 3.63) is 130 Å². The fourth-order valence-corrected chi connectivity index (χ4v) is 7.03. The Hall–Kier alpha value is -4.02. The van der Waals surface area contributed by atoms with E-state index < -0.39 is 17.3 Å². The Labute approximate surface area is 220 Å². The Kier molecular flexibility index (Phi) is 4.79. The molecule has 2 amide bonds. The smallest absolute Gasteiger partial charge is 0.239 e. The van der Waals surface area contributed by atoms with E-state index in [4.69, 9.17) is 16.6 Å². The number of carbonyl (C=O) groups is 2. The van der Waals surface area contributed by atoms with Gasteiger partial charge in [0, 0.05) is 12.1 Å². The van der Waals surface area contributed by atoms with Crippen LogP contribution < -0.4 is 4.90 Å². The van der Waals surface area contributed by atoms with Crippen LogP contribution in [0.4, 0.5) is 11.4 Å². The Morgan fingerprint density at radius 1 is 0.811 bits per heavy atom. The summed E-state index contributed by atoms with van der Waals surface area (Å²) >= 11 is 6.52. The number of para-hydroxylation sites is 1. The molecule has 2 bridgehead atoms. The number of hydrogen-bond donors (Lipinski definition) is 0. The number of aliphatic imine (C=N–C) groups is 1. The highest BCUT2D eigenvalue weighted by Crippen LogP contribution is 2.64. The van der Waals surface area contributed by atoms with Crippen LogP contribution in [0, 0.1) is 18.8 Å². The summed E-state index contributed by atoms with van der Waals surface area (Å²) in [6, 6.07) is 31.5. The molecular formula is C32H23ClN2O2. The molecule has 0 N–H and O–H groups in total. The molecule has 8 rings (SSSR count). The minimum absolute atomic E-state index is 0.203. The predicted molar refractivity (Wildman–Crippen MR) is 146 cm³/mol. The Morgan fingerprint density at radius 3 is 2.14 bits per heavy atom. The lowest BCUT2D eigenvalue weighted by Gasteiger charge is -2.52. The Balaban J connectivity index is 1.52. The van der Waals surface area contributed by atoms with Gasteiger partial charge in [-0.3, -0.25) is 14.6 Å². The van der Waals surface area contributed by atoms with Gasteiger partial charge in [-0.1, -0.05) is 84.4 Å². The zero-order valence-electron chi connectivity index (χ0n) is 20.1. The van der Waals surface area contributed by atoms with E-state index in [1.807, 2.05) is 61.7 Å². The maximum Gasteiger partial charge on any atom is 0.239 e. The first-order valence-electron chi connectivity index (χ1n) is 12.5. The highest BCUT2D eigenvalue weighted by atomic mass is 35.5. The van der Waals surface area contributed by atoms with Crippen molar-refractivity contribution in [2.75, 3.05) is 4.90 Å². The van der Waals surface area contributed by atoms with E-state index >= 15 is 0 Å². The maximum absolute atomic E-state index is 14.4. The van der Waals surface area contributed by atoms with E-state index in [-0.39, 0.29) is 17.7 Å². The minimum atomic E-state index is -0.890. The molecule has 0 aromatic heterocycles. The summed E-state index contributed by atoms with van der Waals surface area (Å²) in [5, 5.41) is 0.382. The van der Waals surface area contributed by atoms with Crippen molar-refractivity contribution in [3.8, 4) is 0 Å². The summed E-state index contributed by atoms with van der Waals surface area (Å²) < 4.78 is 0. The highest BCUT2D eigenvalue weighted by molar-refractivity contribution is 6.36. The number of amides is 2. The fourth-order valence-electron chi connectivity index (χ4n) is 6.80. The van der Waals surface area contributed by atoms with Crippen LogP contribution in [-0.4, -0.2) is 18.0 Å². The molecule has 1 fully saturated rings. The van der Waals surface area contributed by atoms with Crippen molar-refractivity contribution in [3.63, 3.8) is 0 Å². The zero-order valence-corrected chi connectivity index (χ0v) is 20.9. The molecule has 1 heterocycles. The summed E-state index contributed by atoms with van der Waals surface area (Å²) in [4.78, 5) is 34.8. The van der Waals surface area contributed by atoms with Gasteiger partial charge in [0.05, 0.1) is 33.6 Å². The van der Waals surface area contributed by atoms with Crippen LogP contribution in [0.15, 0.2) is 102 Å². The van der Waals surface area contributed by atoms with Gasteiger partial charge >= 0.3 is 0 Å². The largest absolute Gasteiger partial charge is 0.274 e. The van der Waals surface area contributed by atoms with Gasteiger partial charge in [-0.15, -0.1) is 0 Å². The number of rotatable bonds is 3. The molecule has 4 aromatic carbocycles. The third-order valence-corrected chi connectivity index (χ3v) is 8.52. The average molecular weight is 503 g/mol. The van der Waals surface area contributed by atoms with Crippen molar-refractivity contribution in [2.24, 2.45) is 16.8 Å². The number of carbonyl (C=O) groups excluding carboxylic acids is 2. The van der Waals surface area contributed by atoms with Gasteiger partial charge in [0.25, 0.3) is 0 Å². The molecule has 0 unspecified atom stereocenters. The van der Waals surface area contributed by atoms with Crippen LogP contribution in [0.2, 0.25) is 5.02 Å². The van der Waals surface area contributed by atoms with Gasteiger partial charge < -0.3 is 0 Å². The summed E-state index contributed by atoms with van der Waals surface area (Å²) in [5.74, 6) is -1.81. The first kappa shape index (κ1) is 22.2. The molecule has 3 aliphatic carbocycles. The molecular weight excluding hydrogens is 480 g/mol. The molecule has 180 valence electrons. The van der Waals surface area contributed by atoms with Crippen molar-refractivity contribution in [1.29, 1.82) is 0 Å². The van der Waals surface area contributed by atoms with E-state index in [9.17, 15) is 9.59 Å². The van der Waals surface area contributed by atoms with E-state index in [0.29, 0.717) is 10.7 Å². The maximum atomic E-state index is 14.4. The second kappa shape index (κ2) is 7.99. The van der Waals surface area contributed by atoms with Crippen molar-refractivity contribution < 1.29 is 9.59 Å². The fraction of sp³-hybridized carbons (Fsp3) is 0.156. The Bertz CT molecular complexity index is 1590. The monoisotopic (exact) mass is 502 g/mol. The predicted octanol–water partition coefficient (Wildman–Crippen LogP) is 6.60. The van der Waals surface area contributed by atoms with Gasteiger partial charge in [0.2, 0.25) is 11.8 Å². The molecule has 1 aliphatic heterocycles. The average Bonchev–Trinajstić information content (AvgIpc) is 3.19. The topological polar surface area (TPSA) is 49.7 Å². The summed E-state index contributed by atoms with van der Waals surface area (Å²) in [7, 11) is 0. The molecule has 1 saturated heterocycles. The molecule has 4 nitrogen and oxygen atoms in total. The van der Waals surface area contributed by atoms with Crippen LogP contribution in [-0.2, 0) is 15.0 Å². The number of nitrogens with zero attached hydrogens (tertiary/aromatic N) is 2. The first-order valence-corrected chi connectivity index (χ1v) is 12.8. The number of anilines is 1. The number of aryl methyl sites for hydroxylation is 1. The molecule has 4 aromatic rings. The van der Waals surface area contributed by atoms with Gasteiger partial charge in [-0.05, 0) is 59.0 Å². The molecule has 37 heavy (non-hydrogen) atoms. The van der Waals surface area contributed by atoms with Crippen LogP contribution in [0.25, 0.3) is 0 Å². The second-order valence-corrected chi connectivity index (χ2v) is 10.5. The van der Waals surface area contributed by atoms with Gasteiger partial charge in [0.1, 0.15) is 0 Å². The number of hydrogen-bond acceptors (Lipinski definition) is 3. The molecule has 2 atom stereocenters. The van der Waals surface area contributed by atoms with Crippen molar-refractivity contribution in [1.82, 2.24) is 0 Å². The standard InChI is InChI=1S/C32H23ClN2O2/c1-19-9-8-10-20(17-19)34-18-32-23-13-4-2-11-21(23)27(22-12-3-5-14-24(22)32)28-29(32)31(37)35(30(28)36)26-16-7-6-15-25(26)33/h2-18,27-29H,1H3/t27?,28-,29-,32?/m0/s1. The van der Waals surface area contributed by atoms with E-state index in [1.165, 1.54) is 4.90 Å². The normalized spacial score (nSPS) is 25.4. The minimum Gasteiger partial charge on any atom is -0.274 e. The highest BCUT2D eigenvalue weighted by Gasteiger charge is 2.68. The zero-order chi connectivity index (χ0) is 25.3. The van der Waals surface area contributed by atoms with Crippen LogP contribution >= 0.6 is 11.6 Å². The quantitative estimate of drug-likeness (QED) is 0.234. The third kappa shape index (κ3) is 2.93. The van der Waals surface area contributed by atoms with Crippen molar-refractivity contribution in [2.45, 2.75) is 18.3 Å². The van der Waals surface area contributed by atoms with E-state index in [0.717, 1.165) is 33.5 Å². The molecule has 4 aliphatic rings. The van der Waals surface area contributed by atoms with Gasteiger partial charge in [-0.25, -0.2) is 4.90 Å². The van der Waals surface area contributed by atoms with E-state index in [2.05, 4.69) is 24.3 Å². The molecule has 0 spiro atoms. The SMILES string of the molecule is Cc1cccc(N=CC23c4ccccc4C(c4ccccc42)[C@@H]2C(=O)N(c4ccccc4Cl)C(=O)[C@H]23)c1. The van der Waals surface area contributed by atoms with Crippen LogP contribution in [0.5, 0.6) is 0 Å². The van der Waals surface area contributed by atoms with Crippen LogP contribution in [0.1, 0.15) is 33.7 Å². The van der Waals surface area contributed by atoms with Crippen molar-refractivity contribution >= 4 is 41.0 Å². The van der Waals surface area contributed by atoms with Gasteiger partial charge in [-0.2, -0.15) is 0 Å². The Morgan fingerprint density at radius 2 is 1.46 bits per heavy atom. The lowest BCUT2D eigenvalue weighted by Crippen LogP contribution is -2.54. The lowest BCUT2D eigenvalue weighted by atomic mass is 9.47. The van der Waals surface area contributed by atoms with Crippen LogP contribution in [0.3, 0.4) is 0 Å². The molecule has 0 saturated carbocycles. The third-order valence-electron chi connectivity index (χ3n) is 8.20. The number of benzene rings is 4.